The molecule has 6 nitrogen and oxygen atoms in total. The van der Waals surface area contributed by atoms with Gasteiger partial charge in [0.1, 0.15) is 5.75 Å². The van der Waals surface area contributed by atoms with E-state index in [9.17, 15) is 4.79 Å². The quantitative estimate of drug-likeness (QED) is 0.452. The highest BCUT2D eigenvalue weighted by molar-refractivity contribution is 5.84. The van der Waals surface area contributed by atoms with E-state index in [1.165, 1.54) is 18.4 Å². The fraction of sp³-hybridized carbons (Fsp3) is 0.652. The summed E-state index contributed by atoms with van der Waals surface area (Å²) < 4.78 is 11.6. The van der Waals surface area contributed by atoms with Gasteiger partial charge in [-0.2, -0.15) is 0 Å². The second-order valence-electron chi connectivity index (χ2n) is 9.21. The van der Waals surface area contributed by atoms with Crippen LogP contribution in [0.15, 0.2) is 23.2 Å². The lowest BCUT2D eigenvalue weighted by atomic mass is 9.62. The van der Waals surface area contributed by atoms with Gasteiger partial charge in [-0.05, 0) is 74.1 Å². The fourth-order valence-corrected chi connectivity index (χ4v) is 5.05. The van der Waals surface area contributed by atoms with Crippen LogP contribution in [0.5, 0.6) is 5.75 Å². The van der Waals surface area contributed by atoms with Gasteiger partial charge in [0.2, 0.25) is 0 Å². The summed E-state index contributed by atoms with van der Waals surface area (Å²) in [6, 6.07) is 6.19. The molecule has 2 fully saturated rings. The largest absolute Gasteiger partial charge is 0.493 e. The number of aldehydes is 1. The Bertz CT molecular complexity index is 795. The number of carbonyl (C=O) groups excluding carboxylic acids is 1. The smallest absolute Gasteiger partial charge is 0.192 e. The topological polar surface area (TPSA) is 77.1 Å². The summed E-state index contributed by atoms with van der Waals surface area (Å²) in [4.78, 5) is 19.5. The zero-order chi connectivity index (χ0) is 20.6. The molecule has 0 bridgehead atoms. The Morgan fingerprint density at radius 2 is 2.00 bits per heavy atom. The van der Waals surface area contributed by atoms with E-state index in [0.717, 1.165) is 56.3 Å². The van der Waals surface area contributed by atoms with Crippen LogP contribution < -0.4 is 10.5 Å². The second-order valence-corrected chi connectivity index (χ2v) is 9.21. The van der Waals surface area contributed by atoms with E-state index >= 15 is 0 Å². The molecular formula is C23H33N3O3. The normalized spacial score (nSPS) is 31.6. The molecular weight excluding hydrogens is 366 g/mol. The molecule has 0 aromatic heterocycles. The van der Waals surface area contributed by atoms with Crippen molar-refractivity contribution in [1.29, 1.82) is 0 Å². The Morgan fingerprint density at radius 1 is 1.28 bits per heavy atom. The summed E-state index contributed by atoms with van der Waals surface area (Å²) in [7, 11) is 5.48. The molecule has 3 aliphatic rings. The fourth-order valence-electron chi connectivity index (χ4n) is 5.05. The van der Waals surface area contributed by atoms with Gasteiger partial charge < -0.3 is 24.9 Å². The number of nitrogens with two attached hydrogens (primary N) is 1. The predicted molar refractivity (Wildman–Crippen MR) is 113 cm³/mol. The molecule has 1 spiro atoms. The Morgan fingerprint density at radius 3 is 2.59 bits per heavy atom. The Balaban J connectivity index is 1.76. The van der Waals surface area contributed by atoms with E-state index in [0.29, 0.717) is 11.9 Å². The summed E-state index contributed by atoms with van der Waals surface area (Å²) in [5, 5.41) is 0. The zero-order valence-electron chi connectivity index (χ0n) is 17.8. The van der Waals surface area contributed by atoms with Gasteiger partial charge in [0, 0.05) is 26.6 Å². The van der Waals surface area contributed by atoms with E-state index in [2.05, 4.69) is 6.07 Å². The van der Waals surface area contributed by atoms with E-state index in [-0.39, 0.29) is 11.5 Å². The summed E-state index contributed by atoms with van der Waals surface area (Å²) in [6.07, 6.45) is 8.26. The lowest BCUT2D eigenvalue weighted by molar-refractivity contribution is -0.118. The molecule has 1 aromatic rings. The number of carbonyl (C=O) groups is 1. The molecule has 0 unspecified atom stereocenters. The third kappa shape index (κ3) is 3.52. The molecule has 0 amide bonds. The summed E-state index contributed by atoms with van der Waals surface area (Å²) in [5.74, 6) is 1.88. The van der Waals surface area contributed by atoms with Crippen molar-refractivity contribution in [1.82, 2.24) is 4.90 Å². The van der Waals surface area contributed by atoms with Crippen molar-refractivity contribution in [3.05, 3.63) is 29.3 Å². The number of fused-ring (bicyclic) bond motifs is 1. The van der Waals surface area contributed by atoms with Crippen LogP contribution in [0.1, 0.15) is 49.7 Å². The minimum atomic E-state index is -0.978. The second kappa shape index (κ2) is 7.63. The van der Waals surface area contributed by atoms with Crippen molar-refractivity contribution in [3.8, 4) is 5.75 Å². The number of guanidine groups is 1. The molecule has 29 heavy (non-hydrogen) atoms. The number of ether oxygens (including phenoxy) is 2. The lowest BCUT2D eigenvalue weighted by Gasteiger charge is -2.45. The predicted octanol–water partition coefficient (Wildman–Crippen LogP) is 2.88. The number of rotatable bonds is 6. The molecule has 158 valence electrons. The first kappa shape index (κ1) is 20.2. The summed E-state index contributed by atoms with van der Waals surface area (Å²) in [6.45, 7) is 0.747. The van der Waals surface area contributed by atoms with Crippen LogP contribution in [0.3, 0.4) is 0 Å². The number of nitrogens with zero attached hydrogens (tertiary/aromatic N) is 2. The monoisotopic (exact) mass is 399 g/mol. The average molecular weight is 400 g/mol. The number of aliphatic imine (C=N–C) groups is 1. The first-order chi connectivity index (χ1) is 13.9. The van der Waals surface area contributed by atoms with Crippen LogP contribution in [0.2, 0.25) is 0 Å². The van der Waals surface area contributed by atoms with Gasteiger partial charge in [-0.25, -0.2) is 4.99 Å². The summed E-state index contributed by atoms with van der Waals surface area (Å²) >= 11 is 0. The molecule has 3 aliphatic carbocycles. The highest BCUT2D eigenvalue weighted by Crippen LogP contribution is 2.59. The van der Waals surface area contributed by atoms with E-state index in [1.807, 2.05) is 26.2 Å². The number of hydrogen-bond donors (Lipinski definition) is 1. The highest BCUT2D eigenvalue weighted by Gasteiger charge is 2.59. The van der Waals surface area contributed by atoms with Gasteiger partial charge in [-0.3, -0.25) is 0 Å². The van der Waals surface area contributed by atoms with Crippen LogP contribution in [-0.4, -0.2) is 51.1 Å². The first-order valence-corrected chi connectivity index (χ1v) is 10.7. The number of hydrogen-bond acceptors (Lipinski definition) is 4. The van der Waals surface area contributed by atoms with Crippen LogP contribution >= 0.6 is 0 Å². The molecule has 2 N–H and O–H groups in total. The Kier molecular flexibility index (Phi) is 5.32. The van der Waals surface area contributed by atoms with Crippen molar-refractivity contribution >= 4 is 12.2 Å². The third-order valence-electron chi connectivity index (χ3n) is 7.15. The van der Waals surface area contributed by atoms with Crippen LogP contribution in [0.25, 0.3) is 0 Å². The van der Waals surface area contributed by atoms with Crippen molar-refractivity contribution in [2.24, 2.45) is 22.1 Å². The van der Waals surface area contributed by atoms with E-state index in [1.54, 1.807) is 12.0 Å². The van der Waals surface area contributed by atoms with Gasteiger partial charge in [0.25, 0.3) is 0 Å². The maximum absolute atomic E-state index is 12.8. The molecule has 4 rings (SSSR count). The number of benzene rings is 1. The van der Waals surface area contributed by atoms with E-state index in [4.69, 9.17) is 20.2 Å². The minimum Gasteiger partial charge on any atom is -0.493 e. The summed E-state index contributed by atoms with van der Waals surface area (Å²) in [5.41, 5.74) is 7.17. The molecule has 1 atom stereocenters. The molecule has 1 aromatic carbocycles. The number of methoxy groups -OCH3 is 1. The SMILES string of the molecule is COC1CCC2(CC1)Cc1ccc(OCC3CC3)cc1[C@@]2(C=O)N=C(N)N(C)C. The van der Waals surface area contributed by atoms with Gasteiger partial charge in [0.05, 0.1) is 12.7 Å². The molecule has 6 heteroatoms. The van der Waals surface area contributed by atoms with Crippen LogP contribution in [0, 0.1) is 11.3 Å². The van der Waals surface area contributed by atoms with Gasteiger partial charge in [0.15, 0.2) is 17.8 Å². The minimum absolute atomic E-state index is 0.251. The maximum Gasteiger partial charge on any atom is 0.192 e. The van der Waals surface area contributed by atoms with E-state index < -0.39 is 5.54 Å². The highest BCUT2D eigenvalue weighted by atomic mass is 16.5. The van der Waals surface area contributed by atoms with Gasteiger partial charge in [-0.1, -0.05) is 6.07 Å². The Hall–Kier alpha value is -2.08. The van der Waals surface area contributed by atoms with Crippen LogP contribution in [-0.2, 0) is 21.5 Å². The standard InChI is InChI=1S/C23H33N3O3/c1-26(2)21(24)25-23(15-27)20-12-19(29-14-16-4-5-16)7-6-17(20)13-22(23)10-8-18(28-3)9-11-22/h6-7,12,15-16,18H,4-5,8-11,13-14H2,1-3H3,(H2,24,25)/t18?,22?,23-/m1/s1. The van der Waals surface area contributed by atoms with Gasteiger partial charge >= 0.3 is 0 Å². The van der Waals surface area contributed by atoms with Crippen molar-refractivity contribution in [2.75, 3.05) is 27.8 Å². The van der Waals surface area contributed by atoms with Crippen LogP contribution in [0.4, 0.5) is 0 Å². The lowest BCUT2D eigenvalue weighted by Crippen LogP contribution is -2.48. The van der Waals surface area contributed by atoms with Crippen molar-refractivity contribution in [2.45, 2.75) is 56.6 Å². The molecule has 0 aliphatic heterocycles. The third-order valence-corrected chi connectivity index (χ3v) is 7.15. The first-order valence-electron chi connectivity index (χ1n) is 10.7. The average Bonchev–Trinajstić information content (AvgIpc) is 3.52. The van der Waals surface area contributed by atoms with Crippen molar-refractivity contribution in [3.63, 3.8) is 0 Å². The maximum atomic E-state index is 12.8. The molecule has 0 saturated heterocycles. The molecule has 0 heterocycles. The molecule has 0 radical (unpaired) electrons. The Labute approximate surface area is 173 Å². The van der Waals surface area contributed by atoms with Crippen molar-refractivity contribution < 1.29 is 14.3 Å². The van der Waals surface area contributed by atoms with Gasteiger partial charge in [-0.15, -0.1) is 0 Å². The zero-order valence-corrected chi connectivity index (χ0v) is 17.8. The molecule has 2 saturated carbocycles.